The molecule has 0 saturated carbocycles. The molecule has 92 valence electrons. The van der Waals surface area contributed by atoms with Crippen LogP contribution in [0, 0.1) is 0 Å². The summed E-state index contributed by atoms with van der Waals surface area (Å²) in [5, 5.41) is 0. The number of rotatable bonds is 2. The van der Waals surface area contributed by atoms with Gasteiger partial charge >= 0.3 is 0 Å². The van der Waals surface area contributed by atoms with Crippen molar-refractivity contribution in [2.45, 2.75) is 0 Å². The predicted octanol–water partition coefficient (Wildman–Crippen LogP) is 5.78. The molecule has 0 unspecified atom stereocenters. The smallest absolute Gasteiger partial charge is 0.0187 e. The standard InChI is InChI=1S/C18H13Br/c19-18-12-16(14-7-3-1-4-8-14)11-17(13-18)15-9-5-2-6-10-15/h1-13H. The van der Waals surface area contributed by atoms with Gasteiger partial charge in [0.25, 0.3) is 0 Å². The Morgan fingerprint density at radius 3 is 1.32 bits per heavy atom. The van der Waals surface area contributed by atoms with Crippen molar-refractivity contribution in [3.05, 3.63) is 83.3 Å². The van der Waals surface area contributed by atoms with Gasteiger partial charge in [0, 0.05) is 4.47 Å². The third-order valence-electron chi connectivity index (χ3n) is 3.11. The summed E-state index contributed by atoms with van der Waals surface area (Å²) in [4.78, 5) is 0. The van der Waals surface area contributed by atoms with E-state index in [0.29, 0.717) is 0 Å². The summed E-state index contributed by atoms with van der Waals surface area (Å²) in [5.41, 5.74) is 4.93. The Morgan fingerprint density at radius 1 is 0.474 bits per heavy atom. The molecule has 3 aromatic rings. The Kier molecular flexibility index (Phi) is 3.47. The fourth-order valence-corrected chi connectivity index (χ4v) is 2.68. The molecule has 0 bridgehead atoms. The van der Waals surface area contributed by atoms with Gasteiger partial charge in [0.15, 0.2) is 0 Å². The minimum absolute atomic E-state index is 1.10. The first-order valence-electron chi connectivity index (χ1n) is 6.24. The first-order chi connectivity index (χ1) is 9.33. The Bertz CT molecular complexity index is 615. The van der Waals surface area contributed by atoms with Crippen molar-refractivity contribution in [2.24, 2.45) is 0 Å². The fourth-order valence-electron chi connectivity index (χ4n) is 2.18. The van der Waals surface area contributed by atoms with Gasteiger partial charge in [-0.2, -0.15) is 0 Å². The van der Waals surface area contributed by atoms with Crippen LogP contribution >= 0.6 is 15.9 Å². The minimum atomic E-state index is 1.10. The molecule has 0 N–H and O–H groups in total. The monoisotopic (exact) mass is 308 g/mol. The molecule has 0 heterocycles. The Labute approximate surface area is 121 Å². The normalized spacial score (nSPS) is 10.4. The van der Waals surface area contributed by atoms with Crippen LogP contribution in [-0.4, -0.2) is 0 Å². The Hall–Kier alpha value is -1.86. The van der Waals surface area contributed by atoms with Crippen LogP contribution in [0.1, 0.15) is 0 Å². The third-order valence-corrected chi connectivity index (χ3v) is 3.57. The minimum Gasteiger partial charge on any atom is -0.0622 e. The lowest BCUT2D eigenvalue weighted by molar-refractivity contribution is 1.56. The summed E-state index contributed by atoms with van der Waals surface area (Å²) in [6.07, 6.45) is 0. The highest BCUT2D eigenvalue weighted by Gasteiger charge is 2.03. The van der Waals surface area contributed by atoms with E-state index < -0.39 is 0 Å². The van der Waals surface area contributed by atoms with E-state index >= 15 is 0 Å². The van der Waals surface area contributed by atoms with Gasteiger partial charge < -0.3 is 0 Å². The maximum absolute atomic E-state index is 3.61. The van der Waals surface area contributed by atoms with E-state index in [1.165, 1.54) is 22.3 Å². The molecule has 19 heavy (non-hydrogen) atoms. The summed E-state index contributed by atoms with van der Waals surface area (Å²) < 4.78 is 1.10. The highest BCUT2D eigenvalue weighted by Crippen LogP contribution is 2.30. The van der Waals surface area contributed by atoms with Gasteiger partial charge in [0.2, 0.25) is 0 Å². The van der Waals surface area contributed by atoms with E-state index in [9.17, 15) is 0 Å². The van der Waals surface area contributed by atoms with Crippen LogP contribution in [0.4, 0.5) is 0 Å². The molecule has 0 amide bonds. The number of hydrogen-bond donors (Lipinski definition) is 0. The van der Waals surface area contributed by atoms with Gasteiger partial charge in [0.05, 0.1) is 0 Å². The van der Waals surface area contributed by atoms with Crippen LogP contribution in [0.3, 0.4) is 0 Å². The van der Waals surface area contributed by atoms with Crippen LogP contribution < -0.4 is 0 Å². The zero-order chi connectivity index (χ0) is 13.1. The largest absolute Gasteiger partial charge is 0.0622 e. The van der Waals surface area contributed by atoms with Crippen LogP contribution in [0.5, 0.6) is 0 Å². The first-order valence-corrected chi connectivity index (χ1v) is 7.04. The maximum Gasteiger partial charge on any atom is 0.0187 e. The van der Waals surface area contributed by atoms with Crippen LogP contribution in [0.2, 0.25) is 0 Å². The van der Waals surface area contributed by atoms with E-state index in [1.54, 1.807) is 0 Å². The SMILES string of the molecule is Brc1cc(-c2ccccc2)cc(-c2ccccc2)c1. The molecule has 0 saturated heterocycles. The van der Waals surface area contributed by atoms with E-state index in [0.717, 1.165) is 4.47 Å². The summed E-state index contributed by atoms with van der Waals surface area (Å²) in [5.74, 6) is 0. The predicted molar refractivity (Wildman–Crippen MR) is 85.0 cm³/mol. The molecule has 0 aliphatic rings. The molecule has 3 rings (SSSR count). The molecular formula is C18H13Br. The maximum atomic E-state index is 3.61. The summed E-state index contributed by atoms with van der Waals surface area (Å²) >= 11 is 3.61. The van der Waals surface area contributed by atoms with Gasteiger partial charge in [-0.3, -0.25) is 0 Å². The lowest BCUT2D eigenvalue weighted by Gasteiger charge is -2.07. The van der Waals surface area contributed by atoms with Crippen molar-refractivity contribution in [3.8, 4) is 22.3 Å². The molecule has 0 atom stereocenters. The van der Waals surface area contributed by atoms with Crippen LogP contribution in [-0.2, 0) is 0 Å². The zero-order valence-electron chi connectivity index (χ0n) is 10.4. The number of hydrogen-bond acceptors (Lipinski definition) is 0. The average Bonchev–Trinajstić information content (AvgIpc) is 2.48. The molecule has 0 fully saturated rings. The molecule has 0 aliphatic carbocycles. The Balaban J connectivity index is 2.12. The van der Waals surface area contributed by atoms with Gasteiger partial charge in [-0.1, -0.05) is 76.6 Å². The van der Waals surface area contributed by atoms with Gasteiger partial charge in [0.1, 0.15) is 0 Å². The zero-order valence-corrected chi connectivity index (χ0v) is 12.0. The molecule has 0 aliphatic heterocycles. The summed E-state index contributed by atoms with van der Waals surface area (Å²) in [6.45, 7) is 0. The van der Waals surface area contributed by atoms with Crippen molar-refractivity contribution in [2.75, 3.05) is 0 Å². The molecular weight excluding hydrogens is 296 g/mol. The van der Waals surface area contributed by atoms with Gasteiger partial charge in [-0.05, 0) is 40.5 Å². The molecule has 0 nitrogen and oxygen atoms in total. The lowest BCUT2D eigenvalue weighted by Crippen LogP contribution is -1.82. The van der Waals surface area contributed by atoms with Crippen LogP contribution in [0.15, 0.2) is 83.3 Å². The second-order valence-electron chi connectivity index (χ2n) is 4.46. The Morgan fingerprint density at radius 2 is 0.895 bits per heavy atom. The quantitative estimate of drug-likeness (QED) is 0.562. The van der Waals surface area contributed by atoms with E-state index in [-0.39, 0.29) is 0 Å². The third kappa shape index (κ3) is 2.77. The van der Waals surface area contributed by atoms with Crippen molar-refractivity contribution in [3.63, 3.8) is 0 Å². The molecule has 0 aromatic heterocycles. The summed E-state index contributed by atoms with van der Waals surface area (Å²) in [6, 6.07) is 27.4. The summed E-state index contributed by atoms with van der Waals surface area (Å²) in [7, 11) is 0. The van der Waals surface area contributed by atoms with E-state index in [4.69, 9.17) is 0 Å². The van der Waals surface area contributed by atoms with E-state index in [1.807, 2.05) is 12.1 Å². The van der Waals surface area contributed by atoms with Crippen molar-refractivity contribution < 1.29 is 0 Å². The molecule has 1 heteroatoms. The molecule has 0 radical (unpaired) electrons. The van der Waals surface area contributed by atoms with Gasteiger partial charge in [-0.15, -0.1) is 0 Å². The van der Waals surface area contributed by atoms with Crippen molar-refractivity contribution >= 4 is 15.9 Å². The second-order valence-corrected chi connectivity index (χ2v) is 5.38. The van der Waals surface area contributed by atoms with Crippen molar-refractivity contribution in [1.82, 2.24) is 0 Å². The highest BCUT2D eigenvalue weighted by atomic mass is 79.9. The topological polar surface area (TPSA) is 0 Å². The lowest BCUT2D eigenvalue weighted by atomic mass is 9.99. The highest BCUT2D eigenvalue weighted by molar-refractivity contribution is 9.10. The van der Waals surface area contributed by atoms with Gasteiger partial charge in [-0.25, -0.2) is 0 Å². The number of benzene rings is 3. The van der Waals surface area contributed by atoms with Crippen LogP contribution in [0.25, 0.3) is 22.3 Å². The molecule has 3 aromatic carbocycles. The van der Waals surface area contributed by atoms with E-state index in [2.05, 4.69) is 82.7 Å². The number of halogens is 1. The average molecular weight is 309 g/mol. The first kappa shape index (κ1) is 12.2. The second kappa shape index (κ2) is 5.41. The van der Waals surface area contributed by atoms with Crippen molar-refractivity contribution in [1.29, 1.82) is 0 Å². The molecule has 0 spiro atoms. The fraction of sp³-hybridized carbons (Fsp3) is 0.